The molecule has 0 aliphatic carbocycles. The predicted molar refractivity (Wildman–Crippen MR) is 108 cm³/mol. The predicted octanol–water partition coefficient (Wildman–Crippen LogP) is 3.53. The summed E-state index contributed by atoms with van der Waals surface area (Å²) in [4.78, 5) is 48.8. The minimum absolute atomic E-state index is 0.0833. The third-order valence-corrected chi connectivity index (χ3v) is 5.16. The molecule has 11 heteroatoms. The van der Waals surface area contributed by atoms with Crippen molar-refractivity contribution >= 4 is 64.1 Å². The van der Waals surface area contributed by atoms with Gasteiger partial charge < -0.3 is 14.2 Å². The molecule has 1 aromatic carbocycles. The van der Waals surface area contributed by atoms with Crippen molar-refractivity contribution in [1.82, 2.24) is 4.90 Å². The summed E-state index contributed by atoms with van der Waals surface area (Å²) in [6.45, 7) is 2.80. The Kier molecular flexibility index (Phi) is 7.95. The van der Waals surface area contributed by atoms with Gasteiger partial charge in [0.25, 0.3) is 11.1 Å². The molecule has 8 nitrogen and oxygen atoms in total. The van der Waals surface area contributed by atoms with Crippen LogP contribution in [0.5, 0.6) is 5.75 Å². The fraction of sp³-hybridized carbons (Fsp3) is 0.333. The average molecular weight is 462 g/mol. The Labute approximate surface area is 181 Å². The van der Waals surface area contributed by atoms with Crippen LogP contribution in [0.1, 0.15) is 19.4 Å². The fourth-order valence-corrected chi connectivity index (χ4v) is 3.85. The van der Waals surface area contributed by atoms with E-state index in [-0.39, 0.29) is 33.9 Å². The lowest BCUT2D eigenvalue weighted by Crippen LogP contribution is -2.42. The highest BCUT2D eigenvalue weighted by Gasteiger charge is 2.41. The van der Waals surface area contributed by atoms with Crippen molar-refractivity contribution in [2.75, 3.05) is 20.3 Å². The molecule has 0 radical (unpaired) electrons. The van der Waals surface area contributed by atoms with Crippen LogP contribution in [-0.4, -0.2) is 54.4 Å². The highest BCUT2D eigenvalue weighted by Crippen LogP contribution is 2.38. The van der Waals surface area contributed by atoms with Gasteiger partial charge in [0.1, 0.15) is 6.04 Å². The van der Waals surface area contributed by atoms with Crippen LogP contribution in [0.2, 0.25) is 10.0 Å². The number of imide groups is 1. The molecule has 2 rings (SSSR count). The van der Waals surface area contributed by atoms with E-state index in [1.165, 1.54) is 32.2 Å². The topological polar surface area (TPSA) is 99.2 Å². The van der Waals surface area contributed by atoms with Crippen LogP contribution >= 0.6 is 35.0 Å². The maximum absolute atomic E-state index is 12.6. The van der Waals surface area contributed by atoms with E-state index in [1.807, 2.05) is 0 Å². The molecule has 0 bridgehead atoms. The third kappa shape index (κ3) is 5.43. The SMILES string of the molecule is CCOC(=O)[C@H](C)N1C(=O)S/C(=C\c2cc(Cl)c(OCC(=O)OC)c(Cl)c2)C1=O. The number of amides is 2. The summed E-state index contributed by atoms with van der Waals surface area (Å²) in [6.07, 6.45) is 1.42. The van der Waals surface area contributed by atoms with Crippen LogP contribution in [0.15, 0.2) is 17.0 Å². The fourth-order valence-electron chi connectivity index (χ4n) is 2.32. The van der Waals surface area contributed by atoms with Crippen molar-refractivity contribution in [2.24, 2.45) is 0 Å². The van der Waals surface area contributed by atoms with Crippen molar-refractivity contribution in [3.8, 4) is 5.75 Å². The van der Waals surface area contributed by atoms with Gasteiger partial charge in [0.05, 0.1) is 28.7 Å². The molecule has 0 saturated carbocycles. The van der Waals surface area contributed by atoms with Gasteiger partial charge in [0.15, 0.2) is 12.4 Å². The van der Waals surface area contributed by atoms with Crippen LogP contribution in [0.4, 0.5) is 4.79 Å². The summed E-state index contributed by atoms with van der Waals surface area (Å²) in [5.74, 6) is -1.82. The quantitative estimate of drug-likeness (QED) is 0.448. The molecule has 29 heavy (non-hydrogen) atoms. The number of halogens is 2. The molecular formula is C18H17Cl2NO7S. The number of esters is 2. The number of benzene rings is 1. The highest BCUT2D eigenvalue weighted by atomic mass is 35.5. The molecule has 0 spiro atoms. The smallest absolute Gasteiger partial charge is 0.343 e. The molecule has 1 aliphatic rings. The zero-order chi connectivity index (χ0) is 21.7. The standard InChI is InChI=1S/C18H17Cl2NO7S/c1-4-27-17(24)9(2)21-16(23)13(29-18(21)25)7-10-5-11(19)15(12(20)6-10)28-8-14(22)26-3/h5-7,9H,4,8H2,1-3H3/b13-7-/t9-/m0/s1. The Morgan fingerprint density at radius 1 is 1.24 bits per heavy atom. The van der Waals surface area contributed by atoms with E-state index < -0.39 is 29.1 Å². The van der Waals surface area contributed by atoms with Crippen molar-refractivity contribution in [1.29, 1.82) is 0 Å². The maximum atomic E-state index is 12.6. The van der Waals surface area contributed by atoms with Gasteiger partial charge in [-0.1, -0.05) is 23.2 Å². The summed E-state index contributed by atoms with van der Waals surface area (Å²) in [5, 5.41) is -0.379. The molecule has 0 aromatic heterocycles. The minimum Gasteiger partial charge on any atom is -0.479 e. The van der Waals surface area contributed by atoms with E-state index in [2.05, 4.69) is 4.74 Å². The van der Waals surface area contributed by atoms with Crippen LogP contribution < -0.4 is 4.74 Å². The number of hydrogen-bond acceptors (Lipinski definition) is 8. The molecule has 156 valence electrons. The third-order valence-electron chi connectivity index (χ3n) is 3.72. The molecule has 0 unspecified atom stereocenters. The Balaban J connectivity index is 2.24. The number of ether oxygens (including phenoxy) is 3. The lowest BCUT2D eigenvalue weighted by atomic mass is 10.2. The number of thioether (sulfide) groups is 1. The Morgan fingerprint density at radius 2 is 1.86 bits per heavy atom. The summed E-state index contributed by atoms with van der Waals surface area (Å²) < 4.78 is 14.6. The number of carbonyl (C=O) groups excluding carboxylic acids is 4. The molecular weight excluding hydrogens is 445 g/mol. The zero-order valence-corrected chi connectivity index (χ0v) is 18.0. The zero-order valence-electron chi connectivity index (χ0n) is 15.7. The monoisotopic (exact) mass is 461 g/mol. The second-order valence-corrected chi connectivity index (χ2v) is 7.47. The molecule has 1 aliphatic heterocycles. The molecule has 1 fully saturated rings. The lowest BCUT2D eigenvalue weighted by Gasteiger charge is -2.19. The van der Waals surface area contributed by atoms with Gasteiger partial charge in [0.2, 0.25) is 0 Å². The van der Waals surface area contributed by atoms with E-state index in [9.17, 15) is 19.2 Å². The first-order valence-corrected chi connectivity index (χ1v) is 9.89. The summed E-state index contributed by atoms with van der Waals surface area (Å²) in [5.41, 5.74) is 0.430. The van der Waals surface area contributed by atoms with Gasteiger partial charge in [-0.15, -0.1) is 0 Å². The number of carbonyl (C=O) groups is 4. The molecule has 0 N–H and O–H groups in total. The molecule has 1 saturated heterocycles. The minimum atomic E-state index is -1.05. The van der Waals surface area contributed by atoms with Gasteiger partial charge in [-0.05, 0) is 49.4 Å². The van der Waals surface area contributed by atoms with Crippen molar-refractivity contribution in [3.63, 3.8) is 0 Å². The van der Waals surface area contributed by atoms with Gasteiger partial charge in [-0.3, -0.25) is 14.5 Å². The van der Waals surface area contributed by atoms with E-state index in [1.54, 1.807) is 6.92 Å². The first-order chi connectivity index (χ1) is 13.7. The Morgan fingerprint density at radius 3 is 2.41 bits per heavy atom. The van der Waals surface area contributed by atoms with Crippen molar-refractivity contribution in [2.45, 2.75) is 19.9 Å². The van der Waals surface area contributed by atoms with Gasteiger partial charge in [-0.2, -0.15) is 0 Å². The Hall–Kier alpha value is -2.23. The normalized spacial score (nSPS) is 16.2. The van der Waals surface area contributed by atoms with Crippen LogP contribution in [0.3, 0.4) is 0 Å². The first-order valence-electron chi connectivity index (χ1n) is 8.31. The number of hydrogen-bond donors (Lipinski definition) is 0. The van der Waals surface area contributed by atoms with Gasteiger partial charge >= 0.3 is 11.9 Å². The van der Waals surface area contributed by atoms with E-state index in [0.717, 1.165) is 4.90 Å². The molecule has 2 amide bonds. The van der Waals surface area contributed by atoms with Gasteiger partial charge in [0, 0.05) is 0 Å². The number of rotatable bonds is 7. The molecule has 1 atom stereocenters. The Bertz CT molecular complexity index is 864. The lowest BCUT2D eigenvalue weighted by molar-refractivity contribution is -0.150. The van der Waals surface area contributed by atoms with Crippen LogP contribution in [0.25, 0.3) is 6.08 Å². The largest absolute Gasteiger partial charge is 0.479 e. The average Bonchev–Trinajstić information content (AvgIpc) is 2.93. The first kappa shape index (κ1) is 23.1. The number of methoxy groups -OCH3 is 1. The maximum Gasteiger partial charge on any atom is 0.343 e. The van der Waals surface area contributed by atoms with Crippen LogP contribution in [0, 0.1) is 0 Å². The second-order valence-electron chi connectivity index (χ2n) is 5.66. The summed E-state index contributed by atoms with van der Waals surface area (Å²) in [6, 6.07) is 1.88. The van der Waals surface area contributed by atoms with E-state index in [4.69, 9.17) is 32.7 Å². The van der Waals surface area contributed by atoms with Crippen molar-refractivity contribution in [3.05, 3.63) is 32.6 Å². The molecule has 1 aromatic rings. The van der Waals surface area contributed by atoms with Crippen molar-refractivity contribution < 1.29 is 33.4 Å². The second kappa shape index (κ2) is 10.00. The number of nitrogens with zero attached hydrogens (tertiary/aromatic N) is 1. The summed E-state index contributed by atoms with van der Waals surface area (Å²) in [7, 11) is 1.22. The van der Waals surface area contributed by atoms with E-state index >= 15 is 0 Å². The van der Waals surface area contributed by atoms with E-state index in [0.29, 0.717) is 17.3 Å². The highest BCUT2D eigenvalue weighted by molar-refractivity contribution is 8.18. The molecule has 1 heterocycles. The van der Waals surface area contributed by atoms with Crippen LogP contribution in [-0.2, 0) is 23.9 Å². The van der Waals surface area contributed by atoms with Gasteiger partial charge in [-0.25, -0.2) is 9.59 Å². The summed E-state index contributed by atoms with van der Waals surface area (Å²) >= 11 is 13.0.